The van der Waals surface area contributed by atoms with Crippen molar-refractivity contribution in [3.63, 3.8) is 0 Å². The minimum Gasteiger partial charge on any atom is -0.488 e. The molecule has 0 aromatic heterocycles. The van der Waals surface area contributed by atoms with Crippen LogP contribution in [0.2, 0.25) is 5.02 Å². The van der Waals surface area contributed by atoms with Gasteiger partial charge in [-0.3, -0.25) is 0 Å². The van der Waals surface area contributed by atoms with Crippen LogP contribution in [-0.2, 0) is 25.9 Å². The second kappa shape index (κ2) is 16.8. The molecule has 5 rings (SSSR count). The second-order valence-electron chi connectivity index (χ2n) is 12.0. The van der Waals surface area contributed by atoms with Gasteiger partial charge in [-0.15, -0.1) is 0 Å². The van der Waals surface area contributed by atoms with Gasteiger partial charge in [0.2, 0.25) is 0 Å². The number of aliphatic hydroxyl groups excluding tert-OH is 4. The van der Waals surface area contributed by atoms with Crippen LogP contribution in [0.15, 0.2) is 72.8 Å². The van der Waals surface area contributed by atoms with Crippen molar-refractivity contribution in [3.8, 4) is 34.1 Å². The zero-order chi connectivity index (χ0) is 35.8. The lowest BCUT2D eigenvalue weighted by molar-refractivity contribution is -0.137. The largest absolute Gasteiger partial charge is 0.488 e. The Kier molecular flexibility index (Phi) is 12.5. The summed E-state index contributed by atoms with van der Waals surface area (Å²) in [5.74, 6) is 1.96. The van der Waals surface area contributed by atoms with Gasteiger partial charge in [0.05, 0.1) is 29.4 Å². The Balaban J connectivity index is 1.33. The summed E-state index contributed by atoms with van der Waals surface area (Å²) in [5.41, 5.74) is 3.87. The highest BCUT2D eigenvalue weighted by Crippen LogP contribution is 2.38. The van der Waals surface area contributed by atoms with Crippen LogP contribution in [0.4, 0.5) is 13.2 Å². The van der Waals surface area contributed by atoms with Gasteiger partial charge in [0, 0.05) is 31.1 Å². The fraction of sp³-hybridized carbons (Fsp3) is 0.351. The van der Waals surface area contributed by atoms with Gasteiger partial charge in [-0.05, 0) is 65.1 Å². The SMILES string of the molecule is Cc1c(COc2cc(OCc3cccc(C(F)(F)F)c3)c(CNC[C@H](O)C[C@H](O)[C@H](O)CO)cc2Cl)cccc1-c1ccc2c(c1)OCCO2. The average molecular weight is 718 g/mol. The Bertz CT molecular complexity index is 1750. The summed E-state index contributed by atoms with van der Waals surface area (Å²) in [6, 6.07) is 19.7. The number of aliphatic hydroxyl groups is 4. The first-order chi connectivity index (χ1) is 23.9. The maximum atomic E-state index is 13.3. The van der Waals surface area contributed by atoms with E-state index in [4.69, 9.17) is 35.7 Å². The van der Waals surface area contributed by atoms with Gasteiger partial charge in [0.25, 0.3) is 0 Å². The molecule has 0 fully saturated rings. The molecule has 0 saturated carbocycles. The Labute approximate surface area is 292 Å². The first kappa shape index (κ1) is 37.2. The number of ether oxygens (including phenoxy) is 4. The molecule has 0 aliphatic carbocycles. The summed E-state index contributed by atoms with van der Waals surface area (Å²) in [5, 5.41) is 42.1. The molecule has 5 N–H and O–H groups in total. The van der Waals surface area contributed by atoms with Gasteiger partial charge in [0.15, 0.2) is 11.5 Å². The molecule has 0 amide bonds. The van der Waals surface area contributed by atoms with E-state index >= 15 is 0 Å². The van der Waals surface area contributed by atoms with E-state index in [1.807, 2.05) is 43.3 Å². The molecule has 0 unspecified atom stereocenters. The van der Waals surface area contributed by atoms with Crippen molar-refractivity contribution in [1.29, 1.82) is 0 Å². The molecule has 1 aliphatic rings. The third-order valence-electron chi connectivity index (χ3n) is 8.29. The summed E-state index contributed by atoms with van der Waals surface area (Å²) < 4.78 is 63.6. The van der Waals surface area contributed by atoms with Crippen molar-refractivity contribution in [2.75, 3.05) is 26.4 Å². The van der Waals surface area contributed by atoms with Gasteiger partial charge < -0.3 is 44.7 Å². The molecule has 3 atom stereocenters. The summed E-state index contributed by atoms with van der Waals surface area (Å²) in [7, 11) is 0. The van der Waals surface area contributed by atoms with Crippen molar-refractivity contribution in [2.45, 2.75) is 57.6 Å². The highest BCUT2D eigenvalue weighted by molar-refractivity contribution is 6.32. The minimum atomic E-state index is -4.51. The van der Waals surface area contributed by atoms with Crippen molar-refractivity contribution in [2.24, 2.45) is 0 Å². The van der Waals surface area contributed by atoms with E-state index in [-0.39, 0.29) is 37.7 Å². The Morgan fingerprint density at radius 1 is 0.840 bits per heavy atom. The first-order valence-electron chi connectivity index (χ1n) is 16.0. The topological polar surface area (TPSA) is 130 Å². The molecule has 0 radical (unpaired) electrons. The monoisotopic (exact) mass is 717 g/mol. The van der Waals surface area contributed by atoms with E-state index in [0.717, 1.165) is 34.4 Å². The molecule has 1 aliphatic heterocycles. The van der Waals surface area contributed by atoms with Crippen LogP contribution in [0.3, 0.4) is 0 Å². The maximum Gasteiger partial charge on any atom is 0.416 e. The quantitative estimate of drug-likeness (QED) is 0.103. The third kappa shape index (κ3) is 9.59. The maximum absolute atomic E-state index is 13.3. The summed E-state index contributed by atoms with van der Waals surface area (Å²) in [4.78, 5) is 0. The van der Waals surface area contributed by atoms with Crippen LogP contribution in [0.1, 0.15) is 34.2 Å². The molecule has 0 saturated heterocycles. The number of nitrogens with one attached hydrogen (secondary N) is 1. The predicted octanol–water partition coefficient (Wildman–Crippen LogP) is 5.82. The van der Waals surface area contributed by atoms with Gasteiger partial charge in [-0.25, -0.2) is 0 Å². The van der Waals surface area contributed by atoms with Crippen LogP contribution in [0.25, 0.3) is 11.1 Å². The molecule has 9 nitrogen and oxygen atoms in total. The number of hydrogen-bond acceptors (Lipinski definition) is 9. The lowest BCUT2D eigenvalue weighted by Gasteiger charge is -2.20. The van der Waals surface area contributed by atoms with Crippen LogP contribution in [-0.4, -0.2) is 65.1 Å². The van der Waals surface area contributed by atoms with Gasteiger partial charge in [-0.1, -0.05) is 48.0 Å². The van der Waals surface area contributed by atoms with Gasteiger partial charge >= 0.3 is 6.18 Å². The van der Waals surface area contributed by atoms with E-state index in [0.29, 0.717) is 47.3 Å². The Hall–Kier alpha value is -4.04. The number of hydrogen-bond donors (Lipinski definition) is 5. The zero-order valence-electron chi connectivity index (χ0n) is 27.3. The van der Waals surface area contributed by atoms with E-state index in [1.54, 1.807) is 12.1 Å². The first-order valence-corrected chi connectivity index (χ1v) is 16.4. The number of halogens is 4. The van der Waals surface area contributed by atoms with Gasteiger partial charge in [-0.2, -0.15) is 13.2 Å². The van der Waals surface area contributed by atoms with Crippen LogP contribution in [0, 0.1) is 6.92 Å². The molecule has 4 aromatic rings. The van der Waals surface area contributed by atoms with Crippen LogP contribution >= 0.6 is 11.6 Å². The smallest absolute Gasteiger partial charge is 0.416 e. The fourth-order valence-electron chi connectivity index (χ4n) is 5.49. The lowest BCUT2D eigenvalue weighted by atomic mass is 9.96. The van der Waals surface area contributed by atoms with E-state index in [2.05, 4.69) is 5.32 Å². The average Bonchev–Trinajstić information content (AvgIpc) is 3.10. The summed E-state index contributed by atoms with van der Waals surface area (Å²) >= 11 is 6.66. The molecule has 0 bridgehead atoms. The zero-order valence-corrected chi connectivity index (χ0v) is 28.0. The molecular formula is C37H39ClF3NO8. The van der Waals surface area contributed by atoms with Crippen molar-refractivity contribution < 1.29 is 52.5 Å². The number of alkyl halides is 3. The minimum absolute atomic E-state index is 0.0110. The number of benzene rings is 4. The predicted molar refractivity (Wildman–Crippen MR) is 181 cm³/mol. The Morgan fingerprint density at radius 2 is 1.58 bits per heavy atom. The molecule has 1 heterocycles. The highest BCUT2D eigenvalue weighted by atomic mass is 35.5. The summed E-state index contributed by atoms with van der Waals surface area (Å²) in [6.45, 7) is 2.44. The van der Waals surface area contributed by atoms with Crippen molar-refractivity contribution in [3.05, 3.63) is 106 Å². The normalized spacial score (nSPS) is 14.6. The third-order valence-corrected chi connectivity index (χ3v) is 8.58. The fourth-order valence-corrected chi connectivity index (χ4v) is 5.73. The highest BCUT2D eigenvalue weighted by Gasteiger charge is 2.30. The van der Waals surface area contributed by atoms with E-state index in [9.17, 15) is 28.5 Å². The second-order valence-corrected chi connectivity index (χ2v) is 12.4. The standard InChI is InChI=1S/C37H39ClF3NO8/c1-22-25(5-3-7-29(22)24-8-9-33-36(14-24)48-11-10-47-33)21-50-35-16-34(49-20-23-4-2-6-27(12-23)37(39,40)41)26(13-30(35)38)17-42-18-28(44)15-31(45)32(46)19-43/h2-9,12-14,16,28,31-32,42-46H,10-11,15,17-21H2,1H3/t28-,31+,32-/m1/s1. The van der Waals surface area contributed by atoms with Crippen molar-refractivity contribution in [1.82, 2.24) is 5.32 Å². The number of rotatable bonds is 15. The molecule has 13 heteroatoms. The molecule has 268 valence electrons. The number of fused-ring (bicyclic) bond motifs is 1. The van der Waals surface area contributed by atoms with Crippen LogP contribution in [0.5, 0.6) is 23.0 Å². The van der Waals surface area contributed by atoms with Crippen LogP contribution < -0.4 is 24.3 Å². The molecular weight excluding hydrogens is 679 g/mol. The summed E-state index contributed by atoms with van der Waals surface area (Å²) in [6.07, 6.45) is -8.45. The van der Waals surface area contributed by atoms with Crippen molar-refractivity contribution >= 4 is 11.6 Å². The Morgan fingerprint density at radius 3 is 2.34 bits per heavy atom. The van der Waals surface area contributed by atoms with E-state index < -0.39 is 36.7 Å². The molecule has 4 aromatic carbocycles. The van der Waals surface area contributed by atoms with Gasteiger partial charge in [0.1, 0.15) is 44.0 Å². The molecule has 0 spiro atoms. The van der Waals surface area contributed by atoms with E-state index in [1.165, 1.54) is 12.1 Å². The molecule has 50 heavy (non-hydrogen) atoms. The lowest BCUT2D eigenvalue weighted by Crippen LogP contribution is -2.36.